The normalized spacial score (nSPS) is 10.3. The number of halogens is 3. The average Bonchev–Trinajstić information content (AvgIpc) is 2.47. The fraction of sp³-hybridized carbons (Fsp3) is 0.0714. The molecule has 0 unspecified atom stereocenters. The fourth-order valence-electron chi connectivity index (χ4n) is 1.47. The van der Waals surface area contributed by atoms with E-state index in [4.69, 9.17) is 0 Å². The molecule has 0 heterocycles. The third-order valence-electron chi connectivity index (χ3n) is 2.42. The lowest BCUT2D eigenvalue weighted by Gasteiger charge is -2.07. The van der Waals surface area contributed by atoms with Gasteiger partial charge in [0, 0.05) is 4.90 Å². The lowest BCUT2D eigenvalue weighted by atomic mass is 10.3. The van der Waals surface area contributed by atoms with Gasteiger partial charge in [0.05, 0.1) is 11.4 Å². The van der Waals surface area contributed by atoms with Gasteiger partial charge in [-0.25, -0.2) is 13.2 Å². The Kier molecular flexibility index (Phi) is 4.68. The van der Waals surface area contributed by atoms with E-state index in [1.807, 2.05) is 30.3 Å². The number of rotatable bonds is 4. The van der Waals surface area contributed by atoms with Crippen molar-refractivity contribution < 1.29 is 18.0 Å². The molecule has 1 amide bonds. The van der Waals surface area contributed by atoms with Gasteiger partial charge in [-0.3, -0.25) is 4.79 Å². The Morgan fingerprint density at radius 2 is 1.70 bits per heavy atom. The second-order valence-electron chi connectivity index (χ2n) is 3.87. The molecular weight excluding hydrogens is 287 g/mol. The van der Waals surface area contributed by atoms with Crippen LogP contribution in [-0.4, -0.2) is 11.7 Å². The smallest absolute Gasteiger partial charge is 0.234 e. The predicted molar refractivity (Wildman–Crippen MR) is 72.1 cm³/mol. The zero-order valence-corrected chi connectivity index (χ0v) is 11.0. The van der Waals surface area contributed by atoms with E-state index in [-0.39, 0.29) is 11.4 Å². The number of amides is 1. The molecule has 20 heavy (non-hydrogen) atoms. The molecule has 0 aliphatic rings. The van der Waals surface area contributed by atoms with Crippen molar-refractivity contribution in [2.45, 2.75) is 4.90 Å². The molecule has 6 heteroatoms. The van der Waals surface area contributed by atoms with Crippen LogP contribution in [0.1, 0.15) is 0 Å². The van der Waals surface area contributed by atoms with Crippen LogP contribution in [0.2, 0.25) is 0 Å². The number of hydrogen-bond donors (Lipinski definition) is 1. The Morgan fingerprint density at radius 1 is 1.00 bits per heavy atom. The van der Waals surface area contributed by atoms with Gasteiger partial charge in [0.1, 0.15) is 0 Å². The van der Waals surface area contributed by atoms with Gasteiger partial charge >= 0.3 is 0 Å². The lowest BCUT2D eigenvalue weighted by Crippen LogP contribution is -2.15. The monoisotopic (exact) mass is 297 g/mol. The third-order valence-corrected chi connectivity index (χ3v) is 3.43. The van der Waals surface area contributed by atoms with Crippen LogP contribution in [0.25, 0.3) is 0 Å². The number of nitrogens with one attached hydrogen (secondary N) is 1. The zero-order chi connectivity index (χ0) is 14.5. The van der Waals surface area contributed by atoms with Crippen LogP contribution in [-0.2, 0) is 4.79 Å². The minimum Gasteiger partial charge on any atom is -0.323 e. The molecule has 0 saturated carbocycles. The number of carbonyl (C=O) groups is 1. The van der Waals surface area contributed by atoms with E-state index in [0.29, 0.717) is 0 Å². The zero-order valence-electron chi connectivity index (χ0n) is 10.2. The first-order chi connectivity index (χ1) is 9.58. The number of anilines is 1. The van der Waals surface area contributed by atoms with Gasteiger partial charge in [-0.15, -0.1) is 11.8 Å². The minimum atomic E-state index is -1.60. The number of carbonyl (C=O) groups excluding carboxylic acids is 1. The first-order valence-electron chi connectivity index (χ1n) is 5.69. The van der Waals surface area contributed by atoms with Crippen molar-refractivity contribution in [1.82, 2.24) is 0 Å². The highest BCUT2D eigenvalue weighted by Crippen LogP contribution is 2.21. The molecule has 1 N–H and O–H groups in total. The van der Waals surface area contributed by atoms with Crippen LogP contribution in [0.15, 0.2) is 47.4 Å². The van der Waals surface area contributed by atoms with E-state index in [1.165, 1.54) is 11.8 Å². The Labute approximate surface area is 118 Å². The molecule has 2 aromatic rings. The summed E-state index contributed by atoms with van der Waals surface area (Å²) < 4.78 is 39.1. The Bertz CT molecular complexity index is 619. The topological polar surface area (TPSA) is 29.1 Å². The SMILES string of the molecule is O=C(CSc1ccccc1)Nc1ccc(F)c(F)c1F. The number of benzene rings is 2. The Balaban J connectivity index is 1.97. The van der Waals surface area contributed by atoms with Crippen LogP contribution in [0, 0.1) is 17.5 Å². The summed E-state index contributed by atoms with van der Waals surface area (Å²) in [7, 11) is 0. The van der Waals surface area contributed by atoms with Gasteiger partial charge in [0.2, 0.25) is 5.91 Å². The van der Waals surface area contributed by atoms with Crippen molar-refractivity contribution in [1.29, 1.82) is 0 Å². The van der Waals surface area contributed by atoms with Crippen LogP contribution in [0.3, 0.4) is 0 Å². The van der Waals surface area contributed by atoms with Crippen molar-refractivity contribution in [3.8, 4) is 0 Å². The van der Waals surface area contributed by atoms with Crippen molar-refractivity contribution in [2.75, 3.05) is 11.1 Å². The molecule has 0 bridgehead atoms. The van der Waals surface area contributed by atoms with Crippen LogP contribution >= 0.6 is 11.8 Å². The van der Waals surface area contributed by atoms with Gasteiger partial charge in [0.25, 0.3) is 0 Å². The van der Waals surface area contributed by atoms with Crippen molar-refractivity contribution >= 4 is 23.4 Å². The number of thioether (sulfide) groups is 1. The largest absolute Gasteiger partial charge is 0.323 e. The van der Waals surface area contributed by atoms with Gasteiger partial charge in [-0.2, -0.15) is 0 Å². The van der Waals surface area contributed by atoms with Crippen LogP contribution < -0.4 is 5.32 Å². The first kappa shape index (κ1) is 14.5. The van der Waals surface area contributed by atoms with Gasteiger partial charge in [-0.1, -0.05) is 18.2 Å². The van der Waals surface area contributed by atoms with Gasteiger partial charge in [-0.05, 0) is 24.3 Å². The van der Waals surface area contributed by atoms with Crippen LogP contribution in [0.5, 0.6) is 0 Å². The van der Waals surface area contributed by atoms with E-state index < -0.39 is 23.4 Å². The van der Waals surface area contributed by atoms with E-state index in [2.05, 4.69) is 5.32 Å². The summed E-state index contributed by atoms with van der Waals surface area (Å²) in [6, 6.07) is 10.9. The maximum atomic E-state index is 13.3. The summed E-state index contributed by atoms with van der Waals surface area (Å²) in [6.45, 7) is 0. The molecule has 0 atom stereocenters. The second-order valence-corrected chi connectivity index (χ2v) is 4.92. The second kappa shape index (κ2) is 6.47. The van der Waals surface area contributed by atoms with Gasteiger partial charge < -0.3 is 5.32 Å². The molecule has 104 valence electrons. The summed E-state index contributed by atoms with van der Waals surface area (Å²) in [5.41, 5.74) is -0.373. The van der Waals surface area contributed by atoms with Gasteiger partial charge in [0.15, 0.2) is 17.5 Å². The van der Waals surface area contributed by atoms with E-state index in [1.54, 1.807) is 0 Å². The van der Waals surface area contributed by atoms with Crippen molar-refractivity contribution in [3.05, 3.63) is 59.9 Å². The highest BCUT2D eigenvalue weighted by Gasteiger charge is 2.15. The standard InChI is InChI=1S/C14H10F3NOS/c15-10-6-7-11(14(17)13(10)16)18-12(19)8-20-9-4-2-1-3-5-9/h1-7H,8H2,(H,18,19). The molecule has 2 nitrogen and oxygen atoms in total. The van der Waals surface area contributed by atoms with E-state index in [0.717, 1.165) is 17.0 Å². The summed E-state index contributed by atoms with van der Waals surface area (Å²) in [4.78, 5) is 12.5. The maximum Gasteiger partial charge on any atom is 0.234 e. The molecule has 2 rings (SSSR count). The molecule has 2 aromatic carbocycles. The highest BCUT2D eigenvalue weighted by atomic mass is 32.2. The third kappa shape index (κ3) is 3.54. The summed E-state index contributed by atoms with van der Waals surface area (Å²) in [5.74, 6) is -4.74. The fourth-order valence-corrected chi connectivity index (χ4v) is 2.19. The Morgan fingerprint density at radius 3 is 2.40 bits per heavy atom. The molecular formula is C14H10F3NOS. The molecule has 0 fully saturated rings. The van der Waals surface area contributed by atoms with Crippen molar-refractivity contribution in [3.63, 3.8) is 0 Å². The molecule has 0 saturated heterocycles. The minimum absolute atomic E-state index is 0.0441. The highest BCUT2D eigenvalue weighted by molar-refractivity contribution is 8.00. The van der Waals surface area contributed by atoms with Crippen molar-refractivity contribution in [2.24, 2.45) is 0 Å². The quantitative estimate of drug-likeness (QED) is 0.686. The predicted octanol–water partition coefficient (Wildman–Crippen LogP) is 3.83. The van der Waals surface area contributed by atoms with E-state index >= 15 is 0 Å². The molecule has 0 radical (unpaired) electrons. The molecule has 0 aliphatic carbocycles. The molecule has 0 aromatic heterocycles. The molecule has 0 aliphatic heterocycles. The van der Waals surface area contributed by atoms with E-state index in [9.17, 15) is 18.0 Å². The first-order valence-corrected chi connectivity index (χ1v) is 6.67. The Hall–Kier alpha value is -1.95. The summed E-state index contributed by atoms with van der Waals surface area (Å²) in [5, 5.41) is 2.21. The molecule has 0 spiro atoms. The maximum absolute atomic E-state index is 13.3. The lowest BCUT2D eigenvalue weighted by molar-refractivity contribution is -0.113. The van der Waals surface area contributed by atoms with Crippen LogP contribution in [0.4, 0.5) is 18.9 Å². The number of hydrogen-bond acceptors (Lipinski definition) is 2. The summed E-state index contributed by atoms with van der Waals surface area (Å²) in [6.07, 6.45) is 0. The average molecular weight is 297 g/mol. The summed E-state index contributed by atoms with van der Waals surface area (Å²) >= 11 is 1.26.